The lowest BCUT2D eigenvalue weighted by molar-refractivity contribution is 0.103. The summed E-state index contributed by atoms with van der Waals surface area (Å²) in [7, 11) is 0. The topological polar surface area (TPSA) is 25.2 Å². The zero-order valence-electron chi connectivity index (χ0n) is 29.3. The minimum Gasteiger partial charge on any atom is -0.310 e. The molecule has 0 atom stereocenters. The highest BCUT2D eigenvalue weighted by atomic mass is 16.1. The quantitative estimate of drug-likeness (QED) is 0.184. The molecule has 0 radical (unpaired) electrons. The van der Waals surface area contributed by atoms with Crippen LogP contribution in [-0.2, 0) is 5.41 Å². The molecular weight excluding hydrogens is 621 g/mol. The summed E-state index contributed by atoms with van der Waals surface area (Å²) in [5, 5.41) is 2.54. The summed E-state index contributed by atoms with van der Waals surface area (Å²) in [6.45, 7) is 8.89. The molecule has 3 nitrogen and oxygen atoms in total. The number of carbonyl (C=O) groups is 1. The van der Waals surface area contributed by atoms with Gasteiger partial charge in [-0.15, -0.1) is 0 Å². The maximum absolute atomic E-state index is 14.2. The van der Waals surface area contributed by atoms with Gasteiger partial charge >= 0.3 is 0 Å². The summed E-state index contributed by atoms with van der Waals surface area (Å²) in [5.41, 5.74) is 14.7. The lowest BCUT2D eigenvalue weighted by atomic mass is 9.68. The average Bonchev–Trinajstić information content (AvgIpc) is 3.52. The van der Waals surface area contributed by atoms with Gasteiger partial charge in [0, 0.05) is 50.1 Å². The maximum atomic E-state index is 14.2. The van der Waals surface area contributed by atoms with Crippen LogP contribution < -0.4 is 4.90 Å². The molecule has 0 spiro atoms. The van der Waals surface area contributed by atoms with Crippen molar-refractivity contribution in [1.82, 2.24) is 4.57 Å². The van der Waals surface area contributed by atoms with E-state index >= 15 is 0 Å². The van der Waals surface area contributed by atoms with Crippen molar-refractivity contribution in [2.45, 2.75) is 33.1 Å². The molecule has 0 saturated carbocycles. The molecule has 7 aromatic carbocycles. The summed E-state index contributed by atoms with van der Waals surface area (Å²) in [4.78, 5) is 16.4. The molecule has 246 valence electrons. The highest BCUT2D eigenvalue weighted by Gasteiger charge is 2.37. The molecule has 51 heavy (non-hydrogen) atoms. The minimum atomic E-state index is -0.414. The first-order valence-electron chi connectivity index (χ1n) is 17.7. The fourth-order valence-electron chi connectivity index (χ4n) is 8.26. The monoisotopic (exact) mass is 658 g/mol. The van der Waals surface area contributed by atoms with Gasteiger partial charge < -0.3 is 9.47 Å². The molecule has 1 heterocycles. The normalized spacial score (nSPS) is 13.3. The van der Waals surface area contributed by atoms with Gasteiger partial charge in [-0.25, -0.2) is 0 Å². The minimum absolute atomic E-state index is 0.0772. The molecule has 0 N–H and O–H groups in total. The van der Waals surface area contributed by atoms with Crippen molar-refractivity contribution in [3.8, 4) is 16.8 Å². The molecule has 0 aliphatic heterocycles. The first kappa shape index (κ1) is 30.8. The molecule has 0 amide bonds. The molecule has 3 heteroatoms. The van der Waals surface area contributed by atoms with Crippen LogP contribution in [0.15, 0.2) is 158 Å². The molecule has 0 bridgehead atoms. The van der Waals surface area contributed by atoms with E-state index in [1.54, 1.807) is 0 Å². The van der Waals surface area contributed by atoms with Gasteiger partial charge in [-0.1, -0.05) is 111 Å². The predicted molar refractivity (Wildman–Crippen MR) is 212 cm³/mol. The number of carbonyl (C=O) groups excluding carboxylic acids is 1. The zero-order valence-corrected chi connectivity index (χ0v) is 29.3. The molecular formula is C48H38N2O. The van der Waals surface area contributed by atoms with Gasteiger partial charge in [-0.2, -0.15) is 0 Å². The highest BCUT2D eigenvalue weighted by Crippen LogP contribution is 2.46. The highest BCUT2D eigenvalue weighted by molar-refractivity contribution is 6.14. The number of hydrogen-bond donors (Lipinski definition) is 0. The Kier molecular flexibility index (Phi) is 7.08. The molecule has 0 saturated heterocycles. The van der Waals surface area contributed by atoms with Crippen LogP contribution in [0.4, 0.5) is 17.1 Å². The third-order valence-electron chi connectivity index (χ3n) is 10.8. The number of aromatic nitrogens is 1. The summed E-state index contributed by atoms with van der Waals surface area (Å²) < 4.78 is 2.42. The number of anilines is 3. The Morgan fingerprint density at radius 2 is 1.02 bits per heavy atom. The van der Waals surface area contributed by atoms with Crippen molar-refractivity contribution in [3.63, 3.8) is 0 Å². The van der Waals surface area contributed by atoms with E-state index in [0.29, 0.717) is 0 Å². The second-order valence-electron chi connectivity index (χ2n) is 14.3. The molecule has 1 aliphatic carbocycles. The van der Waals surface area contributed by atoms with Crippen LogP contribution in [0, 0.1) is 13.8 Å². The second-order valence-corrected chi connectivity index (χ2v) is 14.3. The second kappa shape index (κ2) is 11.7. The van der Waals surface area contributed by atoms with Crippen LogP contribution in [0.5, 0.6) is 0 Å². The Morgan fingerprint density at radius 1 is 0.490 bits per heavy atom. The number of ketones is 1. The number of benzene rings is 7. The first-order chi connectivity index (χ1) is 24.8. The van der Waals surface area contributed by atoms with E-state index in [2.05, 4.69) is 171 Å². The van der Waals surface area contributed by atoms with Crippen molar-refractivity contribution in [1.29, 1.82) is 0 Å². The largest absolute Gasteiger partial charge is 0.310 e. The molecule has 9 rings (SSSR count). The van der Waals surface area contributed by atoms with E-state index in [1.165, 1.54) is 32.9 Å². The molecule has 0 fully saturated rings. The molecule has 1 aromatic heterocycles. The fourth-order valence-corrected chi connectivity index (χ4v) is 8.26. The van der Waals surface area contributed by atoms with E-state index in [-0.39, 0.29) is 5.78 Å². The van der Waals surface area contributed by atoms with Gasteiger partial charge in [0.05, 0.1) is 11.0 Å². The zero-order chi connectivity index (χ0) is 34.9. The third-order valence-corrected chi connectivity index (χ3v) is 10.8. The van der Waals surface area contributed by atoms with Crippen LogP contribution in [-0.4, -0.2) is 10.4 Å². The maximum Gasteiger partial charge on any atom is 0.193 e. The summed E-state index contributed by atoms with van der Waals surface area (Å²) in [6, 6.07) is 55.5. The van der Waals surface area contributed by atoms with Gasteiger partial charge in [0.2, 0.25) is 0 Å². The fraction of sp³-hybridized carbons (Fsp3) is 0.104. The third kappa shape index (κ3) is 4.84. The molecule has 0 unspecified atom stereocenters. The summed E-state index contributed by atoms with van der Waals surface area (Å²) in [5.74, 6) is 0.0772. The van der Waals surface area contributed by atoms with Crippen molar-refractivity contribution in [2.24, 2.45) is 0 Å². The predicted octanol–water partition coefficient (Wildman–Crippen LogP) is 12.4. The first-order valence-corrected chi connectivity index (χ1v) is 17.7. The van der Waals surface area contributed by atoms with E-state index < -0.39 is 5.41 Å². The van der Waals surface area contributed by atoms with Crippen LogP contribution in [0.25, 0.3) is 38.6 Å². The summed E-state index contributed by atoms with van der Waals surface area (Å²) >= 11 is 0. The Labute approximate surface area is 299 Å². The van der Waals surface area contributed by atoms with E-state index in [9.17, 15) is 4.79 Å². The van der Waals surface area contributed by atoms with Crippen LogP contribution >= 0.6 is 0 Å². The molecule has 1 aliphatic rings. The van der Waals surface area contributed by atoms with Crippen molar-refractivity contribution in [2.75, 3.05) is 4.90 Å². The lowest BCUT2D eigenvalue weighted by Gasteiger charge is -2.36. The van der Waals surface area contributed by atoms with Crippen LogP contribution in [0.2, 0.25) is 0 Å². The van der Waals surface area contributed by atoms with Gasteiger partial charge in [0.1, 0.15) is 0 Å². The molecule has 8 aromatic rings. The Balaban J connectivity index is 1.17. The number of para-hydroxylation sites is 4. The van der Waals surface area contributed by atoms with E-state index in [0.717, 1.165) is 56.1 Å². The average molecular weight is 659 g/mol. The SMILES string of the molecule is Cc1cccc2c3cccc(C)c3n(-c3cccc(-c4ccc5c(c4)C(C)(C)c4cc(N(c6ccccc6)c6ccccc6)ccc4C5=O)c3)c12. The van der Waals surface area contributed by atoms with Crippen LogP contribution in [0.1, 0.15) is 52.0 Å². The number of hydrogen-bond acceptors (Lipinski definition) is 2. The van der Waals surface area contributed by atoms with Gasteiger partial charge in [-0.05, 0) is 108 Å². The smallest absolute Gasteiger partial charge is 0.193 e. The number of rotatable bonds is 5. The van der Waals surface area contributed by atoms with E-state index in [1.807, 2.05) is 24.3 Å². The number of nitrogens with zero attached hydrogens (tertiary/aromatic N) is 2. The van der Waals surface area contributed by atoms with Gasteiger partial charge in [0.15, 0.2) is 5.78 Å². The Bertz CT molecular complexity index is 2550. The van der Waals surface area contributed by atoms with Crippen molar-refractivity contribution in [3.05, 3.63) is 191 Å². The number of fused-ring (bicyclic) bond motifs is 5. The van der Waals surface area contributed by atoms with Crippen molar-refractivity contribution < 1.29 is 4.79 Å². The number of aryl methyl sites for hydroxylation is 2. The Morgan fingerprint density at radius 3 is 1.63 bits per heavy atom. The summed E-state index contributed by atoms with van der Waals surface area (Å²) in [6.07, 6.45) is 0. The lowest BCUT2D eigenvalue weighted by Crippen LogP contribution is -2.31. The van der Waals surface area contributed by atoms with E-state index in [4.69, 9.17) is 0 Å². The standard InChI is InChI=1S/C48H38N2O/c1-31-14-11-22-39-40-23-12-15-32(2)46(40)50(45(31)39)37-21-13-16-33(28-37)34-24-26-41-43(29-34)48(3,4)44-30-38(25-27-42(44)47(41)51)49(35-17-7-5-8-18-35)36-19-9-6-10-20-36/h5-30H,1-4H3. The Hall–Kier alpha value is -6.19. The van der Waals surface area contributed by atoms with Gasteiger partial charge in [0.25, 0.3) is 0 Å². The van der Waals surface area contributed by atoms with Gasteiger partial charge in [-0.3, -0.25) is 4.79 Å². The van der Waals surface area contributed by atoms with Crippen LogP contribution in [0.3, 0.4) is 0 Å². The van der Waals surface area contributed by atoms with Crippen molar-refractivity contribution >= 4 is 44.7 Å².